The number of fused-ring (bicyclic) bond motifs is 4. The normalized spacial score (nSPS) is 14.5. The molecule has 1 aliphatic heterocycles. The Kier molecular flexibility index (Phi) is 7.65. The predicted molar refractivity (Wildman–Crippen MR) is 267 cm³/mol. The van der Waals surface area contributed by atoms with Gasteiger partial charge in [-0.15, -0.1) is 0 Å². The van der Waals surface area contributed by atoms with E-state index in [2.05, 4.69) is 109 Å². The molecule has 0 N–H and O–H groups in total. The van der Waals surface area contributed by atoms with Crippen LogP contribution in [0.3, 0.4) is 0 Å². The number of benzene rings is 8. The molecule has 10 aromatic rings. The van der Waals surface area contributed by atoms with Gasteiger partial charge in [-0.05, 0) is 118 Å². The van der Waals surface area contributed by atoms with Crippen molar-refractivity contribution in [2.75, 3.05) is 16.5 Å². The lowest BCUT2D eigenvalue weighted by Gasteiger charge is -2.26. The van der Waals surface area contributed by atoms with Gasteiger partial charge in [0.05, 0.1) is 29.3 Å². The van der Waals surface area contributed by atoms with E-state index in [0.29, 0.717) is 23.7 Å². The van der Waals surface area contributed by atoms with E-state index < -0.39 is 37.1 Å². The zero-order valence-electron chi connectivity index (χ0n) is 43.6. The van der Waals surface area contributed by atoms with Gasteiger partial charge in [0.2, 0.25) is 0 Å². The molecule has 310 valence electrons. The van der Waals surface area contributed by atoms with Crippen molar-refractivity contribution in [3.63, 3.8) is 0 Å². The summed E-state index contributed by atoms with van der Waals surface area (Å²) in [4.78, 5) is 9.45. The minimum Gasteiger partial charge on any atom is -0.457 e. The summed E-state index contributed by atoms with van der Waals surface area (Å²) in [6.45, 7) is 4.56. The molecule has 0 spiro atoms. The van der Waals surface area contributed by atoms with Gasteiger partial charge >= 0.3 is 0 Å². The Balaban J connectivity index is 0.998. The van der Waals surface area contributed by atoms with Gasteiger partial charge in [0, 0.05) is 50.2 Å². The molecular formula is C59H48N4O. The second kappa shape index (κ2) is 15.8. The largest absolute Gasteiger partial charge is 0.457 e. The molecule has 5 heteroatoms. The van der Waals surface area contributed by atoms with Crippen LogP contribution in [0.1, 0.15) is 42.9 Å². The lowest BCUT2D eigenvalue weighted by Crippen LogP contribution is -2.24. The quantitative estimate of drug-likeness (QED) is 0.153. The number of anilines is 4. The summed E-state index contributed by atoms with van der Waals surface area (Å²) in [5.41, 5.74) is 10.7. The molecule has 0 unspecified atom stereocenters. The fourth-order valence-corrected chi connectivity index (χ4v) is 8.78. The van der Waals surface area contributed by atoms with Gasteiger partial charge in [0.1, 0.15) is 24.0 Å². The third-order valence-electron chi connectivity index (χ3n) is 12.0. The Hall–Kier alpha value is -7.89. The average Bonchev–Trinajstić information content (AvgIpc) is 3.93. The van der Waals surface area contributed by atoms with Crippen LogP contribution in [0.2, 0.25) is 0 Å². The predicted octanol–water partition coefficient (Wildman–Crippen LogP) is 15.8. The van der Waals surface area contributed by atoms with E-state index in [4.69, 9.17) is 20.7 Å². The minimum atomic E-state index is -2.75. The lowest BCUT2D eigenvalue weighted by atomic mass is 9.85. The summed E-state index contributed by atoms with van der Waals surface area (Å²) in [6, 6.07) is 54.6. The Labute approximate surface area is 386 Å². The number of para-hydroxylation sites is 2. The molecule has 0 bridgehead atoms. The van der Waals surface area contributed by atoms with Crippen molar-refractivity contribution in [3.8, 4) is 50.7 Å². The van der Waals surface area contributed by atoms with Gasteiger partial charge in [0.15, 0.2) is 0 Å². The van der Waals surface area contributed by atoms with Crippen molar-refractivity contribution >= 4 is 44.6 Å². The van der Waals surface area contributed by atoms with E-state index in [9.17, 15) is 0 Å². The maximum atomic E-state index is 8.68. The highest BCUT2D eigenvalue weighted by Crippen LogP contribution is 2.47. The first-order valence-electron chi connectivity index (χ1n) is 25.4. The number of ether oxygens (including phenoxy) is 1. The van der Waals surface area contributed by atoms with Gasteiger partial charge in [-0.2, -0.15) is 0 Å². The van der Waals surface area contributed by atoms with Gasteiger partial charge in [-0.25, -0.2) is 4.98 Å². The number of hydrogen-bond donors (Lipinski definition) is 0. The molecule has 1 aliphatic rings. The van der Waals surface area contributed by atoms with Crippen LogP contribution in [-0.2, 0) is 5.41 Å². The summed E-state index contributed by atoms with van der Waals surface area (Å²) >= 11 is 0. The molecule has 8 aromatic carbocycles. The van der Waals surface area contributed by atoms with E-state index in [1.165, 1.54) is 17.8 Å². The summed E-state index contributed by atoms with van der Waals surface area (Å²) in [7, 11) is 0. The Morgan fingerprint density at radius 3 is 1.98 bits per heavy atom. The van der Waals surface area contributed by atoms with E-state index >= 15 is 0 Å². The van der Waals surface area contributed by atoms with Crippen LogP contribution in [0.25, 0.3) is 61.0 Å². The van der Waals surface area contributed by atoms with Crippen molar-refractivity contribution in [2.24, 2.45) is 0 Å². The van der Waals surface area contributed by atoms with Crippen LogP contribution in [-0.4, -0.2) is 16.2 Å². The number of hydrogen-bond acceptors (Lipinski definition) is 4. The van der Waals surface area contributed by atoms with Gasteiger partial charge in [-0.1, -0.05) is 142 Å². The van der Waals surface area contributed by atoms with Crippen molar-refractivity contribution in [2.45, 2.75) is 33.0 Å². The maximum Gasteiger partial charge on any atom is 0.137 e. The Bertz CT molecular complexity index is 3730. The van der Waals surface area contributed by atoms with Gasteiger partial charge < -0.3 is 14.5 Å². The van der Waals surface area contributed by atoms with Crippen LogP contribution >= 0.6 is 0 Å². The summed E-state index contributed by atoms with van der Waals surface area (Å²) in [5.74, 6) is 1.42. The standard InChI is InChI=1S/C59H48N4O/c1-40-31-58(60-38-53(40)43-21-12-7-13-22-43)63-54-30-27-44(41-17-8-5-9-18-41)34-52(54)51-29-28-50(37-57(51)63)64-49-24-16-23-47(36-49)61-39-62(56-26-15-14-25-55(56)61)48-33-45(42-19-10-6-11-20-42)32-46(35-48)59(2,3)4/h5-38H,39H2,1-4H3/i1D3,7D,12D,13D,21D,22D. The monoisotopic (exact) mass is 836 g/mol. The second-order valence-corrected chi connectivity index (χ2v) is 17.2. The molecule has 5 nitrogen and oxygen atoms in total. The molecule has 0 atom stereocenters. The zero-order chi connectivity index (χ0) is 50.2. The molecular weight excluding hydrogens is 781 g/mol. The number of pyridine rings is 1. The van der Waals surface area contributed by atoms with E-state index in [1.54, 1.807) is 0 Å². The van der Waals surface area contributed by atoms with Crippen molar-refractivity contribution in [1.82, 2.24) is 9.55 Å². The Morgan fingerprint density at radius 1 is 0.547 bits per heavy atom. The van der Waals surface area contributed by atoms with E-state index in [-0.39, 0.29) is 27.9 Å². The molecule has 0 fully saturated rings. The number of aryl methyl sites for hydroxylation is 1. The highest BCUT2D eigenvalue weighted by Gasteiger charge is 2.29. The number of rotatable bonds is 8. The van der Waals surface area contributed by atoms with Crippen LogP contribution in [0, 0.1) is 6.85 Å². The fraction of sp³-hybridized carbons (Fsp3) is 0.102. The SMILES string of the molecule is [2H]c1c([2H])c([2H])c(-c2cnc(-n3c4ccc(-c5ccccc5)cc4c4ccc(Oc5cccc(N6CN(c7cc(-c8ccccc8)cc(C(C)(C)C)c7)c7ccccc76)c5)cc43)cc2C([2H])([2H])[2H])c([2H])c1[2H]. The molecule has 0 amide bonds. The highest BCUT2D eigenvalue weighted by atomic mass is 16.5. The van der Waals surface area contributed by atoms with Crippen molar-refractivity contribution < 1.29 is 15.7 Å². The molecule has 64 heavy (non-hydrogen) atoms. The number of nitrogens with zero attached hydrogens (tertiary/aromatic N) is 4. The summed E-state index contributed by atoms with van der Waals surface area (Å²) in [5, 5.41) is 1.77. The maximum absolute atomic E-state index is 8.68. The van der Waals surface area contributed by atoms with Gasteiger partial charge in [0.25, 0.3) is 0 Å². The van der Waals surface area contributed by atoms with E-state index in [0.717, 1.165) is 61.3 Å². The highest BCUT2D eigenvalue weighted by molar-refractivity contribution is 6.10. The minimum absolute atomic E-state index is 0.0640. The smallest absolute Gasteiger partial charge is 0.137 e. The number of aromatic nitrogens is 2. The topological polar surface area (TPSA) is 33.5 Å². The first-order valence-corrected chi connectivity index (χ1v) is 21.4. The van der Waals surface area contributed by atoms with Crippen LogP contribution in [0.15, 0.2) is 206 Å². The van der Waals surface area contributed by atoms with Crippen LogP contribution < -0.4 is 14.5 Å². The Morgan fingerprint density at radius 2 is 1.25 bits per heavy atom. The molecule has 0 aliphatic carbocycles. The van der Waals surface area contributed by atoms with Crippen LogP contribution in [0.4, 0.5) is 22.7 Å². The van der Waals surface area contributed by atoms with Gasteiger partial charge in [-0.3, -0.25) is 4.57 Å². The molecule has 0 saturated heterocycles. The third-order valence-corrected chi connectivity index (χ3v) is 12.0. The second-order valence-electron chi connectivity index (χ2n) is 17.2. The lowest BCUT2D eigenvalue weighted by molar-refractivity contribution is 0.483. The molecule has 0 saturated carbocycles. The van der Waals surface area contributed by atoms with Crippen LogP contribution in [0.5, 0.6) is 11.5 Å². The molecule has 3 heterocycles. The van der Waals surface area contributed by atoms with E-state index in [1.807, 2.05) is 89.5 Å². The summed E-state index contributed by atoms with van der Waals surface area (Å²) in [6.07, 6.45) is 1.30. The third kappa shape index (κ3) is 7.15. The average molecular weight is 837 g/mol. The fourth-order valence-electron chi connectivity index (χ4n) is 8.78. The van der Waals surface area contributed by atoms with Crippen molar-refractivity contribution in [3.05, 3.63) is 217 Å². The summed E-state index contributed by atoms with van der Waals surface area (Å²) < 4.78 is 76.7. The molecule has 0 radical (unpaired) electrons. The first-order chi connectivity index (χ1) is 34.5. The molecule has 11 rings (SSSR count). The van der Waals surface area contributed by atoms with Crippen molar-refractivity contribution in [1.29, 1.82) is 0 Å². The first kappa shape index (κ1) is 31.0. The molecule has 2 aromatic heterocycles. The zero-order valence-corrected chi connectivity index (χ0v) is 35.6.